The van der Waals surface area contributed by atoms with Crippen LogP contribution in [0.1, 0.15) is 54.0 Å². The molecule has 3 N–H and O–H groups in total. The summed E-state index contributed by atoms with van der Waals surface area (Å²) in [6.07, 6.45) is 8.75. The fraction of sp³-hybridized carbons (Fsp3) is 0.467. The average molecular weight is 276 g/mol. The maximum Gasteiger partial charge on any atom is 0.372 e. The van der Waals surface area contributed by atoms with Gasteiger partial charge in [0.05, 0.1) is 11.9 Å². The van der Waals surface area contributed by atoms with Crippen LogP contribution in [0.3, 0.4) is 0 Å². The highest BCUT2D eigenvalue weighted by Crippen LogP contribution is 2.18. The van der Waals surface area contributed by atoms with E-state index in [2.05, 4.69) is 4.99 Å². The number of hydrogen-bond donors (Lipinski definition) is 2. The molecular formula is C15H20N2O3. The second kappa shape index (κ2) is 6.41. The minimum atomic E-state index is -1.04. The van der Waals surface area contributed by atoms with E-state index >= 15 is 0 Å². The molecule has 0 saturated carbocycles. The Kier molecular flexibility index (Phi) is 4.61. The monoisotopic (exact) mass is 276 g/mol. The van der Waals surface area contributed by atoms with Crippen molar-refractivity contribution in [3.63, 3.8) is 0 Å². The van der Waals surface area contributed by atoms with Crippen molar-refractivity contribution >= 4 is 17.9 Å². The van der Waals surface area contributed by atoms with E-state index in [1.807, 2.05) is 6.08 Å². The van der Waals surface area contributed by atoms with Gasteiger partial charge in [0.25, 0.3) is 0 Å². The molecule has 0 spiro atoms. The minimum Gasteiger partial charge on any atom is -0.475 e. The normalized spacial score (nSPS) is 19.9. The Hall–Kier alpha value is -2.04. The van der Waals surface area contributed by atoms with Crippen LogP contribution in [0.2, 0.25) is 0 Å². The first-order chi connectivity index (χ1) is 9.56. The predicted molar refractivity (Wildman–Crippen MR) is 77.9 cm³/mol. The molecule has 0 radical (unpaired) electrons. The van der Waals surface area contributed by atoms with Gasteiger partial charge in [0.1, 0.15) is 5.76 Å². The molecule has 5 heteroatoms. The second-order valence-corrected chi connectivity index (χ2v) is 5.12. The highest BCUT2D eigenvalue weighted by molar-refractivity contribution is 5.86. The maximum atomic E-state index is 10.9. The number of aromatic carboxylic acids is 1. The van der Waals surface area contributed by atoms with Crippen LogP contribution in [0.5, 0.6) is 0 Å². The number of rotatable bonds is 4. The van der Waals surface area contributed by atoms with Gasteiger partial charge in [0.2, 0.25) is 5.76 Å². The van der Waals surface area contributed by atoms with Crippen molar-refractivity contribution in [2.45, 2.75) is 45.1 Å². The van der Waals surface area contributed by atoms with Crippen molar-refractivity contribution in [2.75, 3.05) is 0 Å². The van der Waals surface area contributed by atoms with Crippen LogP contribution in [0.25, 0.3) is 6.08 Å². The number of aliphatic imine (C=N–C) groups is 1. The lowest BCUT2D eigenvalue weighted by atomic mass is 10.1. The molecule has 1 aliphatic rings. The Labute approximate surface area is 118 Å². The molecule has 0 amide bonds. The molecule has 1 aliphatic heterocycles. The van der Waals surface area contributed by atoms with Gasteiger partial charge in [-0.05, 0) is 38.3 Å². The van der Waals surface area contributed by atoms with Crippen molar-refractivity contribution in [1.82, 2.24) is 0 Å². The molecule has 0 aromatic carbocycles. The number of nitrogens with two attached hydrogens (primary N) is 1. The number of furan rings is 1. The zero-order chi connectivity index (χ0) is 14.5. The Morgan fingerprint density at radius 2 is 2.40 bits per heavy atom. The average Bonchev–Trinajstić information content (AvgIpc) is 2.62. The summed E-state index contributed by atoms with van der Waals surface area (Å²) in [6.45, 7) is 1.72. The topological polar surface area (TPSA) is 88.8 Å². The molecule has 0 saturated heterocycles. The van der Waals surface area contributed by atoms with Crippen LogP contribution in [0.15, 0.2) is 21.6 Å². The van der Waals surface area contributed by atoms with Crippen LogP contribution < -0.4 is 5.73 Å². The molecule has 0 bridgehead atoms. The van der Waals surface area contributed by atoms with E-state index in [1.165, 1.54) is 0 Å². The van der Waals surface area contributed by atoms with E-state index in [1.54, 1.807) is 19.1 Å². The number of carboxylic acid groups (broad SMARTS) is 1. The number of carboxylic acids is 1. The summed E-state index contributed by atoms with van der Waals surface area (Å²) in [7, 11) is 0. The first-order valence-corrected chi connectivity index (χ1v) is 6.88. The molecule has 1 aromatic rings. The van der Waals surface area contributed by atoms with Crippen LogP contribution >= 0.6 is 0 Å². The van der Waals surface area contributed by atoms with E-state index in [4.69, 9.17) is 15.3 Å². The van der Waals surface area contributed by atoms with Crippen LogP contribution in [-0.2, 0) is 0 Å². The van der Waals surface area contributed by atoms with E-state index in [0.717, 1.165) is 37.9 Å². The van der Waals surface area contributed by atoms with Crippen LogP contribution in [0, 0.1) is 6.92 Å². The molecular weight excluding hydrogens is 256 g/mol. The zero-order valence-corrected chi connectivity index (χ0v) is 11.6. The van der Waals surface area contributed by atoms with Gasteiger partial charge in [-0.3, -0.25) is 4.99 Å². The van der Waals surface area contributed by atoms with Crippen LogP contribution in [0.4, 0.5) is 0 Å². The number of hydrogen-bond acceptors (Lipinski definition) is 4. The highest BCUT2D eigenvalue weighted by atomic mass is 16.4. The smallest absolute Gasteiger partial charge is 0.372 e. The summed E-state index contributed by atoms with van der Waals surface area (Å²) in [5.74, 6) is 0.262. The van der Waals surface area contributed by atoms with Crippen molar-refractivity contribution in [2.24, 2.45) is 10.7 Å². The number of carbonyl (C=O) groups is 1. The lowest BCUT2D eigenvalue weighted by Crippen LogP contribution is -2.13. The third kappa shape index (κ3) is 3.73. The summed E-state index contributed by atoms with van der Waals surface area (Å²) in [5.41, 5.74) is 6.44. The summed E-state index contributed by atoms with van der Waals surface area (Å²) < 4.78 is 5.26. The zero-order valence-electron chi connectivity index (χ0n) is 11.6. The molecule has 5 nitrogen and oxygen atoms in total. The summed E-state index contributed by atoms with van der Waals surface area (Å²) >= 11 is 0. The first kappa shape index (κ1) is 14.4. The van der Waals surface area contributed by atoms with Gasteiger partial charge in [-0.2, -0.15) is 0 Å². The maximum absolute atomic E-state index is 10.9. The number of nitrogens with zero attached hydrogens (tertiary/aromatic N) is 1. The molecule has 2 heterocycles. The predicted octanol–water partition coefficient (Wildman–Crippen LogP) is 2.99. The van der Waals surface area contributed by atoms with Gasteiger partial charge in [0, 0.05) is 12.0 Å². The molecule has 1 unspecified atom stereocenters. The van der Waals surface area contributed by atoms with Gasteiger partial charge in [-0.1, -0.05) is 12.5 Å². The van der Waals surface area contributed by atoms with E-state index in [-0.39, 0.29) is 11.8 Å². The Morgan fingerprint density at radius 3 is 3.10 bits per heavy atom. The van der Waals surface area contributed by atoms with Crippen molar-refractivity contribution in [1.29, 1.82) is 0 Å². The molecule has 0 fully saturated rings. The molecule has 108 valence electrons. The largest absolute Gasteiger partial charge is 0.475 e. The number of aryl methyl sites for hydroxylation is 1. The lowest BCUT2D eigenvalue weighted by molar-refractivity contribution is 0.0661. The van der Waals surface area contributed by atoms with Crippen molar-refractivity contribution in [3.05, 3.63) is 29.2 Å². The molecule has 1 atom stereocenters. The molecule has 2 rings (SSSR count). The van der Waals surface area contributed by atoms with Crippen molar-refractivity contribution in [3.8, 4) is 0 Å². The summed E-state index contributed by atoms with van der Waals surface area (Å²) in [5, 5.41) is 8.92. The molecule has 0 aliphatic carbocycles. The fourth-order valence-corrected chi connectivity index (χ4v) is 2.36. The van der Waals surface area contributed by atoms with E-state index < -0.39 is 5.97 Å². The third-order valence-corrected chi connectivity index (χ3v) is 3.39. The minimum absolute atomic E-state index is 0.00128. The van der Waals surface area contributed by atoms with Crippen LogP contribution in [-0.4, -0.2) is 23.0 Å². The Bertz CT molecular complexity index is 543. The van der Waals surface area contributed by atoms with Gasteiger partial charge in [-0.25, -0.2) is 4.79 Å². The van der Waals surface area contributed by atoms with Crippen molar-refractivity contribution < 1.29 is 14.3 Å². The fourth-order valence-electron chi connectivity index (χ4n) is 2.36. The van der Waals surface area contributed by atoms with Gasteiger partial charge in [-0.15, -0.1) is 0 Å². The summed E-state index contributed by atoms with van der Waals surface area (Å²) in [4.78, 5) is 15.4. The van der Waals surface area contributed by atoms with Gasteiger partial charge >= 0.3 is 5.97 Å². The number of amidine groups is 1. The lowest BCUT2D eigenvalue weighted by Gasteiger charge is -2.06. The molecule has 20 heavy (non-hydrogen) atoms. The third-order valence-electron chi connectivity index (χ3n) is 3.39. The Balaban J connectivity index is 1.97. The Morgan fingerprint density at radius 1 is 1.60 bits per heavy atom. The van der Waals surface area contributed by atoms with Gasteiger partial charge in [0.15, 0.2) is 0 Å². The quantitative estimate of drug-likeness (QED) is 0.884. The second-order valence-electron chi connectivity index (χ2n) is 5.12. The SMILES string of the molecule is Cc1cc(/C=C/CC2CCCCC(N)=N2)oc1C(=O)O. The summed E-state index contributed by atoms with van der Waals surface area (Å²) in [6, 6.07) is 1.95. The molecule has 1 aromatic heterocycles. The van der Waals surface area contributed by atoms with Gasteiger partial charge < -0.3 is 15.3 Å². The van der Waals surface area contributed by atoms with E-state index in [0.29, 0.717) is 11.3 Å². The van der Waals surface area contributed by atoms with E-state index in [9.17, 15) is 4.79 Å². The standard InChI is InChI=1S/C15H20N2O3/c1-10-9-12(20-14(10)15(18)19)7-4-6-11-5-2-3-8-13(16)17-11/h4,7,9,11H,2-3,5-6,8H2,1H3,(H2,16,17)(H,18,19)/b7-4+. The highest BCUT2D eigenvalue weighted by Gasteiger charge is 2.13. The first-order valence-electron chi connectivity index (χ1n) is 6.88.